The standard InChI is InChI=1S/C20H18N4O3S2/c1-26-14-6-4-5-13(11-14)21-17(25)12-28-20-24-23-18(27-20)9-10-19-22-15-7-2-3-8-16(15)29-19/h2-8,11H,9-10,12H2,1H3,(H,21,25). The van der Waals surface area contributed by atoms with Crippen molar-refractivity contribution in [3.63, 3.8) is 0 Å². The number of amides is 1. The van der Waals surface area contributed by atoms with Crippen molar-refractivity contribution < 1.29 is 13.9 Å². The van der Waals surface area contributed by atoms with E-state index in [1.165, 1.54) is 16.5 Å². The van der Waals surface area contributed by atoms with Gasteiger partial charge in [-0.15, -0.1) is 21.5 Å². The second-order valence-electron chi connectivity index (χ2n) is 6.11. The Hall–Kier alpha value is -2.91. The number of nitrogens with one attached hydrogen (secondary N) is 1. The molecule has 0 saturated heterocycles. The number of ether oxygens (including phenoxy) is 1. The van der Waals surface area contributed by atoms with Crippen molar-refractivity contribution in [3.8, 4) is 5.75 Å². The maximum atomic E-state index is 12.1. The van der Waals surface area contributed by atoms with Gasteiger partial charge in [0.25, 0.3) is 5.22 Å². The maximum Gasteiger partial charge on any atom is 0.277 e. The molecule has 4 rings (SSSR count). The molecule has 148 valence electrons. The van der Waals surface area contributed by atoms with Crippen molar-refractivity contribution in [1.82, 2.24) is 15.2 Å². The van der Waals surface area contributed by atoms with Gasteiger partial charge in [-0.3, -0.25) is 4.79 Å². The number of carbonyl (C=O) groups is 1. The van der Waals surface area contributed by atoms with Crippen LogP contribution in [-0.2, 0) is 17.6 Å². The molecule has 9 heteroatoms. The fourth-order valence-electron chi connectivity index (χ4n) is 2.66. The molecule has 2 heterocycles. The van der Waals surface area contributed by atoms with E-state index in [1.54, 1.807) is 30.6 Å². The van der Waals surface area contributed by atoms with Crippen LogP contribution in [0.15, 0.2) is 58.2 Å². The van der Waals surface area contributed by atoms with Crippen LogP contribution in [0.4, 0.5) is 5.69 Å². The van der Waals surface area contributed by atoms with Crippen molar-refractivity contribution in [3.05, 3.63) is 59.4 Å². The Balaban J connectivity index is 1.27. The maximum absolute atomic E-state index is 12.1. The van der Waals surface area contributed by atoms with E-state index in [9.17, 15) is 4.79 Å². The number of thiazole rings is 1. The fourth-order valence-corrected chi connectivity index (χ4v) is 4.21. The fraction of sp³-hybridized carbons (Fsp3) is 0.200. The molecular weight excluding hydrogens is 408 g/mol. The minimum absolute atomic E-state index is 0.155. The van der Waals surface area contributed by atoms with Crippen LogP contribution in [0.25, 0.3) is 10.2 Å². The van der Waals surface area contributed by atoms with E-state index < -0.39 is 0 Å². The molecule has 0 fully saturated rings. The van der Waals surface area contributed by atoms with Crippen molar-refractivity contribution in [2.45, 2.75) is 18.1 Å². The minimum Gasteiger partial charge on any atom is -0.497 e. The molecule has 7 nitrogen and oxygen atoms in total. The van der Waals surface area contributed by atoms with Crippen LogP contribution in [0.5, 0.6) is 5.75 Å². The predicted octanol–water partition coefficient (Wildman–Crippen LogP) is 4.20. The molecule has 1 amide bonds. The van der Waals surface area contributed by atoms with Crippen LogP contribution < -0.4 is 10.1 Å². The van der Waals surface area contributed by atoms with E-state index in [1.807, 2.05) is 30.3 Å². The summed E-state index contributed by atoms with van der Waals surface area (Å²) in [6, 6.07) is 15.3. The molecule has 0 aliphatic rings. The van der Waals surface area contributed by atoms with E-state index in [2.05, 4.69) is 26.6 Å². The van der Waals surface area contributed by atoms with Gasteiger partial charge in [0.15, 0.2) is 0 Å². The normalized spacial score (nSPS) is 10.9. The molecular formula is C20H18N4O3S2. The monoisotopic (exact) mass is 426 g/mol. The highest BCUT2D eigenvalue weighted by Crippen LogP contribution is 2.23. The zero-order valence-corrected chi connectivity index (χ0v) is 17.3. The molecule has 0 spiro atoms. The number of hydrogen-bond acceptors (Lipinski definition) is 8. The molecule has 4 aromatic rings. The molecule has 0 aliphatic heterocycles. The number of thioether (sulfide) groups is 1. The molecule has 0 bridgehead atoms. The number of aryl methyl sites for hydroxylation is 2. The highest BCUT2D eigenvalue weighted by molar-refractivity contribution is 7.99. The Kier molecular flexibility index (Phi) is 6.06. The number of benzene rings is 2. The van der Waals surface area contributed by atoms with E-state index >= 15 is 0 Å². The lowest BCUT2D eigenvalue weighted by Gasteiger charge is -2.05. The summed E-state index contributed by atoms with van der Waals surface area (Å²) >= 11 is 2.88. The molecule has 29 heavy (non-hydrogen) atoms. The Morgan fingerprint density at radius 2 is 2.07 bits per heavy atom. The average molecular weight is 427 g/mol. The third-order valence-electron chi connectivity index (χ3n) is 4.02. The zero-order valence-electron chi connectivity index (χ0n) is 15.6. The van der Waals surface area contributed by atoms with Crippen LogP contribution in [0.3, 0.4) is 0 Å². The molecule has 2 aromatic carbocycles. The second kappa shape index (κ2) is 9.06. The average Bonchev–Trinajstić information content (AvgIpc) is 3.37. The number of nitrogens with zero attached hydrogens (tertiary/aromatic N) is 3. The van der Waals surface area contributed by atoms with Crippen molar-refractivity contribution in [1.29, 1.82) is 0 Å². The van der Waals surface area contributed by atoms with Crippen molar-refractivity contribution in [2.75, 3.05) is 18.2 Å². The van der Waals surface area contributed by atoms with Gasteiger partial charge in [0.1, 0.15) is 5.75 Å². The van der Waals surface area contributed by atoms with Crippen LogP contribution >= 0.6 is 23.1 Å². The quantitative estimate of drug-likeness (QED) is 0.422. The highest BCUT2D eigenvalue weighted by atomic mass is 32.2. The third-order valence-corrected chi connectivity index (χ3v) is 5.93. The lowest BCUT2D eigenvalue weighted by molar-refractivity contribution is -0.113. The first-order chi connectivity index (χ1) is 14.2. The lowest BCUT2D eigenvalue weighted by atomic mass is 10.3. The van der Waals surface area contributed by atoms with Crippen LogP contribution in [0.1, 0.15) is 10.9 Å². The summed E-state index contributed by atoms with van der Waals surface area (Å²) < 4.78 is 12.0. The summed E-state index contributed by atoms with van der Waals surface area (Å²) in [4.78, 5) is 16.7. The molecule has 0 unspecified atom stereocenters. The number of para-hydroxylation sites is 1. The number of rotatable bonds is 8. The van der Waals surface area contributed by atoms with Crippen molar-refractivity contribution >= 4 is 44.9 Å². The van der Waals surface area contributed by atoms with Crippen LogP contribution in [0.2, 0.25) is 0 Å². The Labute approximate surface area is 175 Å². The smallest absolute Gasteiger partial charge is 0.277 e. The third kappa shape index (κ3) is 5.12. The first-order valence-electron chi connectivity index (χ1n) is 8.93. The van der Waals surface area contributed by atoms with Gasteiger partial charge < -0.3 is 14.5 Å². The molecule has 0 saturated carbocycles. The summed E-state index contributed by atoms with van der Waals surface area (Å²) in [7, 11) is 1.58. The van der Waals surface area contributed by atoms with E-state index in [0.29, 0.717) is 29.0 Å². The Bertz CT molecular complexity index is 1090. The van der Waals surface area contributed by atoms with Gasteiger partial charge in [-0.25, -0.2) is 4.98 Å². The summed E-state index contributed by atoms with van der Waals surface area (Å²) in [5, 5.41) is 12.3. The van der Waals surface area contributed by atoms with E-state index in [-0.39, 0.29) is 11.7 Å². The predicted molar refractivity (Wildman–Crippen MR) is 114 cm³/mol. The molecule has 0 atom stereocenters. The topological polar surface area (TPSA) is 90.1 Å². The van der Waals surface area contributed by atoms with Crippen LogP contribution in [-0.4, -0.2) is 34.0 Å². The minimum atomic E-state index is -0.155. The summed E-state index contributed by atoms with van der Waals surface area (Å²) in [5.74, 6) is 1.25. The number of hydrogen-bond donors (Lipinski definition) is 1. The zero-order chi connectivity index (χ0) is 20.1. The molecule has 0 radical (unpaired) electrons. The summed E-state index contributed by atoms with van der Waals surface area (Å²) in [6.45, 7) is 0. The number of fused-ring (bicyclic) bond motifs is 1. The largest absolute Gasteiger partial charge is 0.497 e. The first kappa shape index (κ1) is 19.4. The Morgan fingerprint density at radius 3 is 2.93 bits per heavy atom. The lowest BCUT2D eigenvalue weighted by Crippen LogP contribution is -2.13. The van der Waals surface area contributed by atoms with Gasteiger partial charge in [0, 0.05) is 24.6 Å². The van der Waals surface area contributed by atoms with Gasteiger partial charge >= 0.3 is 0 Å². The molecule has 2 aromatic heterocycles. The van der Waals surface area contributed by atoms with Gasteiger partial charge in [0.05, 0.1) is 28.1 Å². The SMILES string of the molecule is COc1cccc(NC(=O)CSc2nnc(CCc3nc4ccccc4s3)o2)c1. The van der Waals surface area contributed by atoms with Crippen LogP contribution in [0, 0.1) is 0 Å². The second-order valence-corrected chi connectivity index (χ2v) is 8.15. The molecule has 0 aliphatic carbocycles. The van der Waals surface area contributed by atoms with E-state index in [0.717, 1.165) is 16.9 Å². The summed E-state index contributed by atoms with van der Waals surface area (Å²) in [5.41, 5.74) is 1.69. The van der Waals surface area contributed by atoms with Gasteiger partial charge in [-0.05, 0) is 24.3 Å². The van der Waals surface area contributed by atoms with E-state index in [4.69, 9.17) is 9.15 Å². The van der Waals surface area contributed by atoms with Crippen molar-refractivity contribution in [2.24, 2.45) is 0 Å². The Morgan fingerprint density at radius 1 is 1.17 bits per heavy atom. The van der Waals surface area contributed by atoms with Gasteiger partial charge in [-0.1, -0.05) is 30.0 Å². The molecule has 1 N–H and O–H groups in total. The summed E-state index contributed by atoms with van der Waals surface area (Å²) in [6.07, 6.45) is 1.35. The number of anilines is 1. The first-order valence-corrected chi connectivity index (χ1v) is 10.7. The van der Waals surface area contributed by atoms with Gasteiger partial charge in [-0.2, -0.15) is 0 Å². The number of methoxy groups -OCH3 is 1. The highest BCUT2D eigenvalue weighted by Gasteiger charge is 2.11. The number of aromatic nitrogens is 3. The number of carbonyl (C=O) groups excluding carboxylic acids is 1. The van der Waals surface area contributed by atoms with Gasteiger partial charge in [0.2, 0.25) is 11.8 Å².